The van der Waals surface area contributed by atoms with Gasteiger partial charge in [-0.3, -0.25) is 14.4 Å². The van der Waals surface area contributed by atoms with Crippen molar-refractivity contribution in [3.63, 3.8) is 0 Å². The third kappa shape index (κ3) is 46.2. The molecule has 0 aliphatic heterocycles. The normalized spacial score (nSPS) is 12.5. The highest BCUT2D eigenvalue weighted by molar-refractivity contribution is 5.71. The van der Waals surface area contributed by atoms with Crippen LogP contribution in [0.4, 0.5) is 0 Å². The Kier molecular flexibility index (Phi) is 46.4. The van der Waals surface area contributed by atoms with E-state index in [0.717, 1.165) is 70.6 Å². The molecule has 0 aromatic carbocycles. The lowest BCUT2D eigenvalue weighted by atomic mass is 10.1. The fourth-order valence-corrected chi connectivity index (χ4v) is 6.94. The molecule has 6 heteroatoms. The molecular weight excluding hydrogens is 745 g/mol. The van der Waals surface area contributed by atoms with Gasteiger partial charge in [0.05, 0.1) is 0 Å². The highest BCUT2D eigenvalue weighted by Gasteiger charge is 2.19. The van der Waals surface area contributed by atoms with Crippen LogP contribution in [-0.2, 0) is 28.6 Å². The van der Waals surface area contributed by atoms with Gasteiger partial charge in [0.15, 0.2) is 6.10 Å². The Morgan fingerprint density at radius 2 is 0.717 bits per heavy atom. The standard InChI is InChI=1S/C54H94O6/c1-4-7-10-13-16-19-21-23-25-26-27-28-29-31-32-35-38-41-44-47-53(56)59-50-51(49-58-52(55)46-43-40-37-34-18-15-12-9-6-3)60-54(57)48-45-42-39-36-33-30-24-22-20-17-14-11-8-5-2/h8,11,16-17,19-21,23,34,37,51H,4-7,9-10,12-15,18,22,24-33,35-36,38-50H2,1-3H3/b11-8-,19-16-,20-17-,23-21-,37-34-. The maximum atomic E-state index is 12.8. The second-order valence-corrected chi connectivity index (χ2v) is 16.7. The average Bonchev–Trinajstić information content (AvgIpc) is 3.24. The topological polar surface area (TPSA) is 78.9 Å². The lowest BCUT2D eigenvalue weighted by Gasteiger charge is -2.18. The van der Waals surface area contributed by atoms with Crippen molar-refractivity contribution in [2.75, 3.05) is 13.2 Å². The van der Waals surface area contributed by atoms with Crippen LogP contribution < -0.4 is 0 Å². The number of hydrogen-bond acceptors (Lipinski definition) is 6. The van der Waals surface area contributed by atoms with E-state index in [9.17, 15) is 14.4 Å². The van der Waals surface area contributed by atoms with Crippen molar-refractivity contribution in [1.29, 1.82) is 0 Å². The summed E-state index contributed by atoms with van der Waals surface area (Å²) in [6, 6.07) is 0. The SMILES string of the molecule is CC/C=C\C/C=C\CCCCCCCCCC(=O)OC(COC(=O)CCC/C=C\CCCCCC)COC(=O)CCCCCCCCCCCC/C=C\C=C/CCCCC. The molecule has 0 saturated carbocycles. The second kappa shape index (κ2) is 48.8. The Morgan fingerprint density at radius 1 is 0.367 bits per heavy atom. The van der Waals surface area contributed by atoms with Crippen LogP contribution >= 0.6 is 0 Å². The van der Waals surface area contributed by atoms with E-state index in [1.54, 1.807) is 0 Å². The van der Waals surface area contributed by atoms with Gasteiger partial charge in [0.1, 0.15) is 13.2 Å². The molecule has 0 aliphatic carbocycles. The van der Waals surface area contributed by atoms with E-state index >= 15 is 0 Å². The van der Waals surface area contributed by atoms with Gasteiger partial charge in [-0.25, -0.2) is 0 Å². The summed E-state index contributed by atoms with van der Waals surface area (Å²) < 4.78 is 16.7. The van der Waals surface area contributed by atoms with Crippen LogP contribution in [0.2, 0.25) is 0 Å². The minimum absolute atomic E-state index is 0.0876. The largest absolute Gasteiger partial charge is 0.462 e. The maximum absolute atomic E-state index is 12.8. The molecule has 0 radical (unpaired) electrons. The summed E-state index contributed by atoms with van der Waals surface area (Å²) in [5.41, 5.74) is 0. The molecule has 0 N–H and O–H groups in total. The van der Waals surface area contributed by atoms with Crippen LogP contribution in [0, 0.1) is 0 Å². The monoisotopic (exact) mass is 839 g/mol. The van der Waals surface area contributed by atoms with E-state index in [2.05, 4.69) is 81.5 Å². The molecule has 60 heavy (non-hydrogen) atoms. The third-order valence-corrected chi connectivity index (χ3v) is 10.8. The molecule has 0 aliphatic rings. The number of unbranched alkanes of at least 4 members (excludes halogenated alkanes) is 25. The zero-order valence-corrected chi connectivity index (χ0v) is 39.5. The Morgan fingerprint density at radius 3 is 1.22 bits per heavy atom. The Balaban J connectivity index is 4.32. The highest BCUT2D eigenvalue weighted by atomic mass is 16.6. The molecule has 0 bridgehead atoms. The molecule has 6 nitrogen and oxygen atoms in total. The summed E-state index contributed by atoms with van der Waals surface area (Å²) in [4.78, 5) is 37.8. The van der Waals surface area contributed by atoms with Crippen molar-refractivity contribution >= 4 is 17.9 Å². The first-order valence-electron chi connectivity index (χ1n) is 25.3. The summed E-state index contributed by atoms with van der Waals surface area (Å²) in [7, 11) is 0. The van der Waals surface area contributed by atoms with Gasteiger partial charge >= 0.3 is 17.9 Å². The van der Waals surface area contributed by atoms with E-state index in [-0.39, 0.29) is 31.1 Å². The number of carbonyl (C=O) groups is 3. The van der Waals surface area contributed by atoms with Crippen LogP contribution in [0.3, 0.4) is 0 Å². The van der Waals surface area contributed by atoms with Crippen LogP contribution in [0.5, 0.6) is 0 Å². The first-order valence-corrected chi connectivity index (χ1v) is 25.3. The molecule has 0 aromatic rings. The summed E-state index contributed by atoms with van der Waals surface area (Å²) in [5, 5.41) is 0. The van der Waals surface area contributed by atoms with Gasteiger partial charge in [-0.15, -0.1) is 0 Å². The fraction of sp³-hybridized carbons (Fsp3) is 0.759. The average molecular weight is 839 g/mol. The van der Waals surface area contributed by atoms with Crippen molar-refractivity contribution in [3.05, 3.63) is 60.8 Å². The summed E-state index contributed by atoms with van der Waals surface area (Å²) in [6.45, 7) is 6.44. The summed E-state index contributed by atoms with van der Waals surface area (Å²) in [6.07, 6.45) is 59.3. The Labute approximate surface area is 370 Å². The highest BCUT2D eigenvalue weighted by Crippen LogP contribution is 2.14. The molecule has 1 unspecified atom stereocenters. The van der Waals surface area contributed by atoms with Gasteiger partial charge in [-0.2, -0.15) is 0 Å². The van der Waals surface area contributed by atoms with Crippen molar-refractivity contribution in [3.8, 4) is 0 Å². The smallest absolute Gasteiger partial charge is 0.306 e. The van der Waals surface area contributed by atoms with E-state index in [1.807, 2.05) is 0 Å². The van der Waals surface area contributed by atoms with Gasteiger partial charge in [0.25, 0.3) is 0 Å². The molecule has 0 fully saturated rings. The first kappa shape index (κ1) is 57.1. The Hall–Kier alpha value is -2.89. The number of hydrogen-bond donors (Lipinski definition) is 0. The molecule has 0 aromatic heterocycles. The van der Waals surface area contributed by atoms with E-state index in [1.165, 1.54) is 128 Å². The van der Waals surface area contributed by atoms with E-state index < -0.39 is 6.10 Å². The lowest BCUT2D eigenvalue weighted by Crippen LogP contribution is -2.30. The van der Waals surface area contributed by atoms with E-state index in [4.69, 9.17) is 14.2 Å². The van der Waals surface area contributed by atoms with Crippen LogP contribution in [0.25, 0.3) is 0 Å². The lowest BCUT2D eigenvalue weighted by molar-refractivity contribution is -0.167. The van der Waals surface area contributed by atoms with Gasteiger partial charge in [0.2, 0.25) is 0 Å². The van der Waals surface area contributed by atoms with Crippen LogP contribution in [0.15, 0.2) is 60.8 Å². The van der Waals surface area contributed by atoms with Gasteiger partial charge in [-0.1, -0.05) is 197 Å². The molecule has 0 heterocycles. The van der Waals surface area contributed by atoms with Crippen LogP contribution in [-0.4, -0.2) is 37.2 Å². The molecule has 346 valence electrons. The molecule has 0 rings (SSSR count). The van der Waals surface area contributed by atoms with E-state index in [0.29, 0.717) is 25.7 Å². The molecule has 0 amide bonds. The molecule has 0 spiro atoms. The first-order chi connectivity index (χ1) is 29.5. The zero-order valence-electron chi connectivity index (χ0n) is 39.5. The number of ether oxygens (including phenoxy) is 3. The number of allylic oxidation sites excluding steroid dienone is 10. The minimum Gasteiger partial charge on any atom is -0.462 e. The predicted octanol–water partition coefficient (Wildman–Crippen LogP) is 16.5. The number of carbonyl (C=O) groups excluding carboxylic acids is 3. The maximum Gasteiger partial charge on any atom is 0.306 e. The van der Waals surface area contributed by atoms with Crippen molar-refractivity contribution in [2.24, 2.45) is 0 Å². The Bertz CT molecular complexity index is 1100. The summed E-state index contributed by atoms with van der Waals surface area (Å²) >= 11 is 0. The minimum atomic E-state index is -0.788. The van der Waals surface area contributed by atoms with Gasteiger partial charge < -0.3 is 14.2 Å². The quantitative estimate of drug-likeness (QED) is 0.0200. The fourth-order valence-electron chi connectivity index (χ4n) is 6.94. The molecule has 1 atom stereocenters. The molecule has 0 saturated heterocycles. The van der Waals surface area contributed by atoms with Crippen molar-refractivity contribution in [2.45, 2.75) is 252 Å². The van der Waals surface area contributed by atoms with Gasteiger partial charge in [0, 0.05) is 19.3 Å². The second-order valence-electron chi connectivity index (χ2n) is 16.7. The predicted molar refractivity (Wildman–Crippen MR) is 256 cm³/mol. The van der Waals surface area contributed by atoms with Crippen LogP contribution in [0.1, 0.15) is 245 Å². The van der Waals surface area contributed by atoms with Crippen molar-refractivity contribution < 1.29 is 28.6 Å². The number of esters is 3. The summed E-state index contributed by atoms with van der Waals surface area (Å²) in [5.74, 6) is -0.935. The number of rotatable bonds is 45. The zero-order chi connectivity index (χ0) is 43.7. The van der Waals surface area contributed by atoms with Gasteiger partial charge in [-0.05, 0) is 89.9 Å². The van der Waals surface area contributed by atoms with Crippen molar-refractivity contribution in [1.82, 2.24) is 0 Å². The third-order valence-electron chi connectivity index (χ3n) is 10.8. The molecular formula is C54H94O6.